The lowest BCUT2D eigenvalue weighted by Crippen LogP contribution is -2.43. The molecule has 0 bridgehead atoms. The molecular weight excluding hydrogens is 425 g/mol. The number of aliphatic hydroxyl groups is 1. The van der Waals surface area contributed by atoms with Gasteiger partial charge >= 0.3 is 5.97 Å². The Bertz CT molecular complexity index is 1250. The number of aromatic nitrogens is 2. The van der Waals surface area contributed by atoms with Gasteiger partial charge in [0.1, 0.15) is 11.9 Å². The molecule has 0 saturated carbocycles. The van der Waals surface area contributed by atoms with Crippen molar-refractivity contribution in [3.8, 4) is 11.1 Å². The lowest BCUT2D eigenvalue weighted by atomic mass is 9.88. The predicted molar refractivity (Wildman–Crippen MR) is 118 cm³/mol. The molecule has 4 heterocycles. The van der Waals surface area contributed by atoms with Crippen molar-refractivity contribution in [2.24, 2.45) is 11.8 Å². The van der Waals surface area contributed by atoms with Crippen LogP contribution in [0.5, 0.6) is 0 Å². The van der Waals surface area contributed by atoms with Crippen LogP contribution in [0, 0.1) is 17.7 Å². The number of likely N-dealkylation sites (tertiary alicyclic amines) is 1. The van der Waals surface area contributed by atoms with E-state index in [1.807, 2.05) is 23.1 Å². The van der Waals surface area contributed by atoms with Crippen LogP contribution in [0.4, 0.5) is 4.39 Å². The molecular formula is C25H24FN3O4. The number of benzene rings is 1. The van der Waals surface area contributed by atoms with Crippen LogP contribution in [0.3, 0.4) is 0 Å². The van der Waals surface area contributed by atoms with Gasteiger partial charge in [-0.25, -0.2) is 4.39 Å². The smallest absolute Gasteiger partial charge is 0.323 e. The van der Waals surface area contributed by atoms with E-state index in [1.54, 1.807) is 35.2 Å². The average molecular weight is 449 g/mol. The van der Waals surface area contributed by atoms with E-state index < -0.39 is 17.8 Å². The maximum Gasteiger partial charge on any atom is 0.323 e. The first-order valence-electron chi connectivity index (χ1n) is 10.9. The largest absolute Gasteiger partial charge is 0.468 e. The molecule has 2 aliphatic heterocycles. The second-order valence-electron chi connectivity index (χ2n) is 8.55. The molecule has 0 amide bonds. The number of rotatable bonds is 5. The SMILES string of the molecule is COC(=O)[C@@H]1[C@@H](CO)[C@@H]2Cn3c(ccc(-c4cccc(F)c4)c3=O)[C@@H]2N1Cc1ccncc1. The van der Waals surface area contributed by atoms with Gasteiger partial charge < -0.3 is 14.4 Å². The fourth-order valence-corrected chi connectivity index (χ4v) is 5.45. The molecule has 2 aliphatic rings. The van der Waals surface area contributed by atoms with Gasteiger partial charge in [0.25, 0.3) is 5.56 Å². The molecule has 0 radical (unpaired) electrons. The van der Waals surface area contributed by atoms with Gasteiger partial charge in [-0.05, 0) is 47.5 Å². The molecule has 1 N–H and O–H groups in total. The number of fused-ring (bicyclic) bond motifs is 3. The minimum Gasteiger partial charge on any atom is -0.468 e. The molecule has 3 aromatic rings. The number of halogens is 1. The van der Waals surface area contributed by atoms with Crippen molar-refractivity contribution in [3.63, 3.8) is 0 Å². The summed E-state index contributed by atoms with van der Waals surface area (Å²) >= 11 is 0. The van der Waals surface area contributed by atoms with Crippen LogP contribution in [-0.4, -0.2) is 45.3 Å². The van der Waals surface area contributed by atoms with Gasteiger partial charge in [-0.2, -0.15) is 0 Å². The molecule has 170 valence electrons. The molecule has 1 saturated heterocycles. The van der Waals surface area contributed by atoms with E-state index in [1.165, 1.54) is 19.2 Å². The van der Waals surface area contributed by atoms with Gasteiger partial charge in [-0.15, -0.1) is 0 Å². The monoisotopic (exact) mass is 449 g/mol. The van der Waals surface area contributed by atoms with Crippen molar-refractivity contribution in [2.45, 2.75) is 25.2 Å². The predicted octanol–water partition coefficient (Wildman–Crippen LogP) is 2.39. The molecule has 8 heteroatoms. The lowest BCUT2D eigenvalue weighted by molar-refractivity contribution is -0.148. The Kier molecular flexibility index (Phi) is 5.55. The Morgan fingerprint density at radius 2 is 2.00 bits per heavy atom. The molecule has 0 unspecified atom stereocenters. The zero-order chi connectivity index (χ0) is 23.1. The number of hydrogen-bond acceptors (Lipinski definition) is 6. The van der Waals surface area contributed by atoms with Gasteiger partial charge in [-0.1, -0.05) is 12.1 Å². The number of carbonyl (C=O) groups excluding carboxylic acids is 1. The summed E-state index contributed by atoms with van der Waals surface area (Å²) in [4.78, 5) is 32.2. The minimum atomic E-state index is -0.630. The summed E-state index contributed by atoms with van der Waals surface area (Å²) in [5, 5.41) is 10.2. The highest BCUT2D eigenvalue weighted by Gasteiger charge is 2.56. The molecule has 5 rings (SSSR count). The highest BCUT2D eigenvalue weighted by Crippen LogP contribution is 2.50. The molecule has 4 atom stereocenters. The van der Waals surface area contributed by atoms with Crippen LogP contribution in [0.2, 0.25) is 0 Å². The van der Waals surface area contributed by atoms with Crippen molar-refractivity contribution in [1.82, 2.24) is 14.5 Å². The molecule has 2 aromatic heterocycles. The number of aliphatic hydroxyl groups excluding tert-OH is 1. The van der Waals surface area contributed by atoms with Crippen LogP contribution in [0.1, 0.15) is 17.3 Å². The summed E-state index contributed by atoms with van der Waals surface area (Å²) in [6.07, 6.45) is 3.38. The Morgan fingerprint density at radius 3 is 2.70 bits per heavy atom. The first-order valence-corrected chi connectivity index (χ1v) is 10.9. The number of pyridine rings is 2. The van der Waals surface area contributed by atoms with E-state index in [9.17, 15) is 19.1 Å². The van der Waals surface area contributed by atoms with Crippen LogP contribution in [-0.2, 0) is 22.6 Å². The Labute approximate surface area is 190 Å². The topological polar surface area (TPSA) is 84.7 Å². The van der Waals surface area contributed by atoms with Crippen molar-refractivity contribution < 1.29 is 19.0 Å². The average Bonchev–Trinajstić information content (AvgIpc) is 3.35. The number of hydrogen-bond donors (Lipinski definition) is 1. The summed E-state index contributed by atoms with van der Waals surface area (Å²) < 4.78 is 20.6. The van der Waals surface area contributed by atoms with E-state index in [2.05, 4.69) is 4.98 Å². The van der Waals surface area contributed by atoms with E-state index in [-0.39, 0.29) is 30.0 Å². The molecule has 1 aromatic carbocycles. The van der Waals surface area contributed by atoms with E-state index in [0.717, 1.165) is 11.3 Å². The van der Waals surface area contributed by atoms with E-state index in [0.29, 0.717) is 24.2 Å². The first-order chi connectivity index (χ1) is 16.0. The summed E-state index contributed by atoms with van der Waals surface area (Å²) in [6, 6.07) is 12.5. The van der Waals surface area contributed by atoms with Crippen molar-refractivity contribution in [3.05, 3.63) is 88.4 Å². The van der Waals surface area contributed by atoms with Gasteiger partial charge in [0.2, 0.25) is 0 Å². The van der Waals surface area contributed by atoms with Gasteiger partial charge in [0.15, 0.2) is 0 Å². The Hall–Kier alpha value is -3.36. The second-order valence-corrected chi connectivity index (χ2v) is 8.55. The Balaban J connectivity index is 1.60. The van der Waals surface area contributed by atoms with Crippen LogP contribution >= 0.6 is 0 Å². The van der Waals surface area contributed by atoms with Crippen molar-refractivity contribution in [1.29, 1.82) is 0 Å². The molecule has 33 heavy (non-hydrogen) atoms. The maximum absolute atomic E-state index is 13.8. The maximum atomic E-state index is 13.8. The molecule has 7 nitrogen and oxygen atoms in total. The fourth-order valence-electron chi connectivity index (χ4n) is 5.45. The molecule has 1 fully saturated rings. The zero-order valence-electron chi connectivity index (χ0n) is 18.1. The van der Waals surface area contributed by atoms with Gasteiger partial charge in [-0.3, -0.25) is 19.5 Å². The van der Waals surface area contributed by atoms with Crippen molar-refractivity contribution in [2.75, 3.05) is 13.7 Å². The summed E-state index contributed by atoms with van der Waals surface area (Å²) in [5.41, 5.74) is 2.48. The summed E-state index contributed by atoms with van der Waals surface area (Å²) in [5.74, 6) is -1.33. The van der Waals surface area contributed by atoms with E-state index in [4.69, 9.17) is 4.74 Å². The number of methoxy groups -OCH3 is 1. The first kappa shape index (κ1) is 21.5. The highest BCUT2D eigenvalue weighted by molar-refractivity contribution is 5.77. The van der Waals surface area contributed by atoms with Crippen LogP contribution in [0.25, 0.3) is 11.1 Å². The standard InChI is InChI=1S/C25H24FN3O4/c1-33-25(32)23-20(14-30)19-13-28-21(22(19)29(23)12-15-7-9-27-10-8-15)6-5-18(24(28)31)16-3-2-4-17(26)11-16/h2-11,19-20,22-23,30H,12-14H2,1H3/t19-,20-,22+,23-/m0/s1. The number of carbonyl (C=O) groups is 1. The summed E-state index contributed by atoms with van der Waals surface area (Å²) in [6.45, 7) is 0.612. The normalized spacial score (nSPS) is 23.8. The van der Waals surface area contributed by atoms with E-state index >= 15 is 0 Å². The van der Waals surface area contributed by atoms with Gasteiger partial charge in [0, 0.05) is 55.2 Å². The fraction of sp³-hybridized carbons (Fsp3) is 0.320. The second kappa shape index (κ2) is 8.53. The third-order valence-corrected chi connectivity index (χ3v) is 6.88. The molecule has 0 spiro atoms. The number of nitrogens with zero attached hydrogens (tertiary/aromatic N) is 3. The Morgan fingerprint density at radius 1 is 1.21 bits per heavy atom. The number of ether oxygens (including phenoxy) is 1. The molecule has 0 aliphatic carbocycles. The van der Waals surface area contributed by atoms with Crippen LogP contribution in [0.15, 0.2) is 65.7 Å². The zero-order valence-corrected chi connectivity index (χ0v) is 18.1. The number of esters is 1. The van der Waals surface area contributed by atoms with Crippen molar-refractivity contribution >= 4 is 5.97 Å². The minimum absolute atomic E-state index is 0.142. The quantitative estimate of drug-likeness (QED) is 0.602. The van der Waals surface area contributed by atoms with Gasteiger partial charge in [0.05, 0.1) is 13.2 Å². The lowest BCUT2D eigenvalue weighted by Gasteiger charge is -2.29. The third kappa shape index (κ3) is 3.55. The third-order valence-electron chi connectivity index (χ3n) is 6.88. The highest BCUT2D eigenvalue weighted by atomic mass is 19.1. The summed E-state index contributed by atoms with van der Waals surface area (Å²) in [7, 11) is 1.35. The van der Waals surface area contributed by atoms with Crippen LogP contribution < -0.4 is 5.56 Å².